The van der Waals surface area contributed by atoms with Crippen molar-refractivity contribution in [2.24, 2.45) is 0 Å². The molecule has 5 heteroatoms. The minimum atomic E-state index is -0.619. The zero-order valence-corrected chi connectivity index (χ0v) is 13.4. The molecule has 0 aliphatic heterocycles. The number of anilines is 2. The highest BCUT2D eigenvalue weighted by Crippen LogP contribution is 2.19. The van der Waals surface area contributed by atoms with E-state index in [4.69, 9.17) is 4.74 Å². The van der Waals surface area contributed by atoms with Gasteiger partial charge in [0.2, 0.25) is 5.91 Å². The predicted molar refractivity (Wildman–Crippen MR) is 90.7 cm³/mol. The Kier molecular flexibility index (Phi) is 5.36. The Labute approximate surface area is 135 Å². The van der Waals surface area contributed by atoms with Crippen molar-refractivity contribution in [1.82, 2.24) is 0 Å². The second-order valence-electron chi connectivity index (χ2n) is 5.20. The third-order valence-corrected chi connectivity index (χ3v) is 3.31. The maximum Gasteiger partial charge on any atom is 0.267 e. The zero-order chi connectivity index (χ0) is 16.8. The number of nitrogens with zero attached hydrogens (tertiary/aromatic N) is 1. The Hall–Kier alpha value is -2.82. The number of hydrogen-bond donors (Lipinski definition) is 1. The second-order valence-corrected chi connectivity index (χ2v) is 5.20. The predicted octanol–water partition coefficient (Wildman–Crippen LogP) is 3.08. The van der Waals surface area contributed by atoms with Crippen LogP contribution in [-0.2, 0) is 9.59 Å². The van der Waals surface area contributed by atoms with Crippen molar-refractivity contribution in [2.45, 2.75) is 20.0 Å². The first-order valence-electron chi connectivity index (χ1n) is 7.34. The van der Waals surface area contributed by atoms with E-state index in [-0.39, 0.29) is 11.8 Å². The van der Waals surface area contributed by atoms with Gasteiger partial charge in [-0.25, -0.2) is 0 Å². The van der Waals surface area contributed by atoms with Crippen molar-refractivity contribution < 1.29 is 14.3 Å². The first-order chi connectivity index (χ1) is 11.0. The van der Waals surface area contributed by atoms with Gasteiger partial charge in [0.05, 0.1) is 0 Å². The molecule has 1 atom stereocenters. The van der Waals surface area contributed by atoms with Crippen LogP contribution in [0.3, 0.4) is 0 Å². The number of nitrogens with one attached hydrogen (secondary N) is 1. The van der Waals surface area contributed by atoms with Crippen LogP contribution < -0.4 is 15.0 Å². The van der Waals surface area contributed by atoms with E-state index in [1.807, 2.05) is 30.3 Å². The molecule has 0 radical (unpaired) electrons. The Balaban J connectivity index is 1.99. The van der Waals surface area contributed by atoms with Crippen LogP contribution in [0, 0.1) is 0 Å². The minimum Gasteiger partial charge on any atom is -0.481 e. The third kappa shape index (κ3) is 4.57. The summed E-state index contributed by atoms with van der Waals surface area (Å²) in [6, 6.07) is 16.3. The topological polar surface area (TPSA) is 58.6 Å². The lowest BCUT2D eigenvalue weighted by Crippen LogP contribution is -2.37. The van der Waals surface area contributed by atoms with Crippen LogP contribution in [-0.4, -0.2) is 25.0 Å². The van der Waals surface area contributed by atoms with Gasteiger partial charge in [-0.3, -0.25) is 9.59 Å². The van der Waals surface area contributed by atoms with Crippen LogP contribution in [0.4, 0.5) is 11.4 Å². The van der Waals surface area contributed by atoms with Crippen molar-refractivity contribution in [3.05, 3.63) is 54.6 Å². The number of benzene rings is 2. The monoisotopic (exact) mass is 312 g/mol. The third-order valence-electron chi connectivity index (χ3n) is 3.31. The molecule has 0 saturated carbocycles. The van der Waals surface area contributed by atoms with Gasteiger partial charge in [-0.05, 0) is 43.3 Å². The molecule has 2 aromatic carbocycles. The Morgan fingerprint density at radius 2 is 1.65 bits per heavy atom. The number of ether oxygens (including phenoxy) is 1. The maximum atomic E-state index is 12.4. The summed E-state index contributed by atoms with van der Waals surface area (Å²) in [6.07, 6.45) is -0.619. The van der Waals surface area contributed by atoms with Gasteiger partial charge < -0.3 is 15.0 Å². The highest BCUT2D eigenvalue weighted by Gasteiger charge is 2.20. The fourth-order valence-corrected chi connectivity index (χ4v) is 2.13. The van der Waals surface area contributed by atoms with E-state index in [0.29, 0.717) is 11.4 Å². The number of amides is 2. The number of hydrogen-bond acceptors (Lipinski definition) is 3. The first-order valence-corrected chi connectivity index (χ1v) is 7.34. The fourth-order valence-electron chi connectivity index (χ4n) is 2.13. The SMILES string of the molecule is CC(=O)Nc1ccc(OC(C)C(=O)N(C)c2ccccc2)cc1. The molecule has 0 fully saturated rings. The van der Waals surface area contributed by atoms with Gasteiger partial charge in [-0.15, -0.1) is 0 Å². The van der Waals surface area contributed by atoms with Gasteiger partial charge in [-0.2, -0.15) is 0 Å². The molecule has 23 heavy (non-hydrogen) atoms. The first kappa shape index (κ1) is 16.5. The summed E-state index contributed by atoms with van der Waals surface area (Å²) in [5.41, 5.74) is 1.50. The Morgan fingerprint density at radius 1 is 1.04 bits per heavy atom. The average molecular weight is 312 g/mol. The average Bonchev–Trinajstić information content (AvgIpc) is 2.55. The smallest absolute Gasteiger partial charge is 0.267 e. The van der Waals surface area contributed by atoms with E-state index < -0.39 is 6.10 Å². The molecule has 2 amide bonds. The molecule has 0 aliphatic rings. The van der Waals surface area contributed by atoms with Crippen LogP contribution in [0.2, 0.25) is 0 Å². The van der Waals surface area contributed by atoms with Crippen molar-refractivity contribution in [3.63, 3.8) is 0 Å². The summed E-state index contributed by atoms with van der Waals surface area (Å²) in [6.45, 7) is 3.16. The van der Waals surface area contributed by atoms with E-state index in [1.54, 1.807) is 43.1 Å². The molecule has 0 heterocycles. The van der Waals surface area contributed by atoms with Gasteiger partial charge in [0.15, 0.2) is 6.10 Å². The highest BCUT2D eigenvalue weighted by atomic mass is 16.5. The molecule has 0 saturated heterocycles. The van der Waals surface area contributed by atoms with E-state index in [9.17, 15) is 9.59 Å². The van der Waals surface area contributed by atoms with E-state index in [1.165, 1.54) is 6.92 Å². The molecule has 2 aromatic rings. The van der Waals surface area contributed by atoms with Crippen molar-refractivity contribution >= 4 is 23.2 Å². The molecule has 1 N–H and O–H groups in total. The quantitative estimate of drug-likeness (QED) is 0.923. The van der Waals surface area contributed by atoms with Crippen LogP contribution in [0.1, 0.15) is 13.8 Å². The van der Waals surface area contributed by atoms with Gasteiger partial charge in [0, 0.05) is 25.3 Å². The Morgan fingerprint density at radius 3 is 2.22 bits per heavy atom. The number of carbonyl (C=O) groups is 2. The van der Waals surface area contributed by atoms with Gasteiger partial charge in [-0.1, -0.05) is 18.2 Å². The van der Waals surface area contributed by atoms with Gasteiger partial charge >= 0.3 is 0 Å². The summed E-state index contributed by atoms with van der Waals surface area (Å²) in [7, 11) is 1.72. The number of para-hydroxylation sites is 1. The van der Waals surface area contributed by atoms with Crippen molar-refractivity contribution in [1.29, 1.82) is 0 Å². The second kappa shape index (κ2) is 7.45. The summed E-state index contributed by atoms with van der Waals surface area (Å²) in [5.74, 6) is 0.301. The fraction of sp³-hybridized carbons (Fsp3) is 0.222. The summed E-state index contributed by atoms with van der Waals surface area (Å²) in [4.78, 5) is 25.0. The summed E-state index contributed by atoms with van der Waals surface area (Å²) >= 11 is 0. The number of rotatable bonds is 5. The number of carbonyl (C=O) groups excluding carboxylic acids is 2. The van der Waals surface area contributed by atoms with Gasteiger partial charge in [0.1, 0.15) is 5.75 Å². The molecule has 5 nitrogen and oxygen atoms in total. The normalized spacial score (nSPS) is 11.4. The molecule has 0 bridgehead atoms. The van der Waals surface area contributed by atoms with E-state index in [0.717, 1.165) is 5.69 Å². The van der Waals surface area contributed by atoms with E-state index >= 15 is 0 Å². The molecule has 1 unspecified atom stereocenters. The molecular formula is C18H20N2O3. The van der Waals surface area contributed by atoms with Crippen LogP contribution in [0.15, 0.2) is 54.6 Å². The summed E-state index contributed by atoms with van der Waals surface area (Å²) < 4.78 is 5.67. The summed E-state index contributed by atoms with van der Waals surface area (Å²) in [5, 5.41) is 2.68. The van der Waals surface area contributed by atoms with Crippen LogP contribution in [0.5, 0.6) is 5.75 Å². The molecule has 0 aliphatic carbocycles. The lowest BCUT2D eigenvalue weighted by atomic mass is 10.2. The standard InChI is InChI=1S/C18H20N2O3/c1-13(18(22)20(3)16-7-5-4-6-8-16)23-17-11-9-15(10-12-17)19-14(2)21/h4-13H,1-3H3,(H,19,21). The largest absolute Gasteiger partial charge is 0.481 e. The van der Waals surface area contributed by atoms with Crippen LogP contribution >= 0.6 is 0 Å². The molecular weight excluding hydrogens is 292 g/mol. The van der Waals surface area contributed by atoms with Gasteiger partial charge in [0.25, 0.3) is 5.91 Å². The molecule has 120 valence electrons. The molecule has 0 spiro atoms. The van der Waals surface area contributed by atoms with E-state index in [2.05, 4.69) is 5.32 Å². The Bertz CT molecular complexity index is 668. The lowest BCUT2D eigenvalue weighted by molar-refractivity contribution is -0.124. The van der Waals surface area contributed by atoms with Crippen LogP contribution in [0.25, 0.3) is 0 Å². The molecule has 2 rings (SSSR count). The maximum absolute atomic E-state index is 12.4. The lowest BCUT2D eigenvalue weighted by Gasteiger charge is -2.22. The highest BCUT2D eigenvalue weighted by molar-refractivity contribution is 5.96. The molecule has 0 aromatic heterocycles. The minimum absolute atomic E-state index is 0.133. The zero-order valence-electron chi connectivity index (χ0n) is 13.4. The van der Waals surface area contributed by atoms with Crippen molar-refractivity contribution in [3.8, 4) is 5.75 Å². The number of likely N-dealkylation sites (N-methyl/N-ethyl adjacent to an activating group) is 1. The van der Waals surface area contributed by atoms with Crippen molar-refractivity contribution in [2.75, 3.05) is 17.3 Å².